The molecule has 27 heavy (non-hydrogen) atoms. The molecule has 1 aliphatic rings. The maximum Gasteiger partial charge on any atom is 0.305 e. The summed E-state index contributed by atoms with van der Waals surface area (Å²) in [6.07, 6.45) is 8.91. The SMILES string of the molecule is COC(=O)CC[C@H]1CC[C@H](NC(=O)c2ccc(-c3ccncc3)cc2)CC1. The quantitative estimate of drug-likeness (QED) is 0.785. The van der Waals surface area contributed by atoms with Gasteiger partial charge in [0.1, 0.15) is 0 Å². The lowest BCUT2D eigenvalue weighted by molar-refractivity contribution is -0.141. The minimum atomic E-state index is -0.138. The minimum absolute atomic E-state index is 0.0192. The van der Waals surface area contributed by atoms with E-state index < -0.39 is 0 Å². The zero-order chi connectivity index (χ0) is 19.1. The number of rotatable bonds is 6. The lowest BCUT2D eigenvalue weighted by Gasteiger charge is -2.29. The Hall–Kier alpha value is -2.69. The Morgan fingerprint density at radius 2 is 1.63 bits per heavy atom. The molecular formula is C22H26N2O3. The molecule has 1 aliphatic carbocycles. The van der Waals surface area contributed by atoms with Crippen LogP contribution in [-0.2, 0) is 9.53 Å². The molecule has 5 heteroatoms. The monoisotopic (exact) mass is 366 g/mol. The number of hydrogen-bond acceptors (Lipinski definition) is 4. The predicted octanol–water partition coefficient (Wildman–Crippen LogP) is 3.99. The van der Waals surface area contributed by atoms with Gasteiger partial charge in [0.15, 0.2) is 0 Å². The number of carbonyl (C=O) groups is 2. The molecule has 0 saturated heterocycles. The molecule has 0 bridgehead atoms. The topological polar surface area (TPSA) is 68.3 Å². The van der Waals surface area contributed by atoms with Gasteiger partial charge in [-0.3, -0.25) is 14.6 Å². The molecule has 1 aromatic heterocycles. The van der Waals surface area contributed by atoms with Gasteiger partial charge in [0.2, 0.25) is 0 Å². The standard InChI is InChI=1S/C22H26N2O3/c1-27-21(25)11-4-16-2-9-20(10-3-16)24-22(26)19-7-5-17(6-8-19)18-12-14-23-15-13-18/h5-8,12-16,20H,2-4,9-11H2,1H3,(H,24,26)/t16-,20-. The normalized spacial score (nSPS) is 19.3. The molecule has 1 amide bonds. The Bertz CT molecular complexity index is 751. The first-order valence-corrected chi connectivity index (χ1v) is 9.54. The number of pyridine rings is 1. The first kappa shape index (κ1) is 19.1. The molecule has 1 N–H and O–H groups in total. The van der Waals surface area contributed by atoms with Crippen LogP contribution in [0.4, 0.5) is 0 Å². The number of amides is 1. The van der Waals surface area contributed by atoms with Crippen molar-refractivity contribution in [3.05, 3.63) is 54.4 Å². The fourth-order valence-corrected chi connectivity index (χ4v) is 3.65. The van der Waals surface area contributed by atoms with Crippen LogP contribution in [0.3, 0.4) is 0 Å². The summed E-state index contributed by atoms with van der Waals surface area (Å²) in [7, 11) is 1.43. The third-order valence-corrected chi connectivity index (χ3v) is 5.33. The molecule has 2 aromatic rings. The van der Waals surface area contributed by atoms with E-state index in [1.54, 1.807) is 12.4 Å². The molecule has 3 rings (SSSR count). The third kappa shape index (κ3) is 5.39. The summed E-state index contributed by atoms with van der Waals surface area (Å²) >= 11 is 0. The maximum absolute atomic E-state index is 12.5. The Labute approximate surface area is 160 Å². The molecule has 1 fully saturated rings. The van der Waals surface area contributed by atoms with Crippen LogP contribution in [0.5, 0.6) is 0 Å². The Balaban J connectivity index is 1.48. The Kier molecular flexibility index (Phi) is 6.58. The average Bonchev–Trinajstić information content (AvgIpc) is 2.73. The van der Waals surface area contributed by atoms with E-state index >= 15 is 0 Å². The highest BCUT2D eigenvalue weighted by Crippen LogP contribution is 2.28. The van der Waals surface area contributed by atoms with Gasteiger partial charge in [0, 0.05) is 30.4 Å². The second-order valence-electron chi connectivity index (χ2n) is 7.12. The third-order valence-electron chi connectivity index (χ3n) is 5.33. The van der Waals surface area contributed by atoms with Crippen molar-refractivity contribution < 1.29 is 14.3 Å². The summed E-state index contributed by atoms with van der Waals surface area (Å²) in [5, 5.41) is 3.15. The van der Waals surface area contributed by atoms with Crippen LogP contribution in [0.25, 0.3) is 11.1 Å². The van der Waals surface area contributed by atoms with Crippen LogP contribution in [0, 0.1) is 5.92 Å². The van der Waals surface area contributed by atoms with Crippen molar-refractivity contribution in [2.45, 2.75) is 44.6 Å². The minimum Gasteiger partial charge on any atom is -0.469 e. The van der Waals surface area contributed by atoms with E-state index in [-0.39, 0.29) is 17.9 Å². The second kappa shape index (κ2) is 9.31. The molecule has 0 unspecified atom stereocenters. The van der Waals surface area contributed by atoms with Crippen LogP contribution in [-0.4, -0.2) is 30.0 Å². The predicted molar refractivity (Wildman–Crippen MR) is 104 cm³/mol. The molecule has 5 nitrogen and oxygen atoms in total. The molecule has 0 atom stereocenters. The van der Waals surface area contributed by atoms with Crippen molar-refractivity contribution in [1.82, 2.24) is 10.3 Å². The number of ether oxygens (including phenoxy) is 1. The van der Waals surface area contributed by atoms with Crippen LogP contribution in [0.1, 0.15) is 48.9 Å². The van der Waals surface area contributed by atoms with Crippen molar-refractivity contribution in [3.63, 3.8) is 0 Å². The van der Waals surface area contributed by atoms with E-state index in [0.717, 1.165) is 43.2 Å². The van der Waals surface area contributed by atoms with Gasteiger partial charge in [-0.2, -0.15) is 0 Å². The largest absolute Gasteiger partial charge is 0.469 e. The Morgan fingerprint density at radius 1 is 1.00 bits per heavy atom. The number of aromatic nitrogens is 1. The molecule has 1 saturated carbocycles. The van der Waals surface area contributed by atoms with E-state index in [1.807, 2.05) is 36.4 Å². The van der Waals surface area contributed by atoms with E-state index in [4.69, 9.17) is 4.74 Å². The van der Waals surface area contributed by atoms with Gasteiger partial charge < -0.3 is 10.1 Å². The fraction of sp³-hybridized carbons (Fsp3) is 0.409. The zero-order valence-corrected chi connectivity index (χ0v) is 15.7. The number of carbonyl (C=O) groups excluding carboxylic acids is 2. The molecule has 0 aliphatic heterocycles. The number of esters is 1. The van der Waals surface area contributed by atoms with Gasteiger partial charge in [-0.15, -0.1) is 0 Å². The summed E-state index contributed by atoms with van der Waals surface area (Å²) < 4.78 is 4.70. The van der Waals surface area contributed by atoms with Crippen LogP contribution in [0.15, 0.2) is 48.8 Å². The number of hydrogen-bond donors (Lipinski definition) is 1. The summed E-state index contributed by atoms with van der Waals surface area (Å²) in [6.45, 7) is 0. The van der Waals surface area contributed by atoms with Crippen LogP contribution in [0.2, 0.25) is 0 Å². The van der Waals surface area contributed by atoms with Gasteiger partial charge in [0.05, 0.1) is 7.11 Å². The van der Waals surface area contributed by atoms with Crippen molar-refractivity contribution in [3.8, 4) is 11.1 Å². The highest BCUT2D eigenvalue weighted by molar-refractivity contribution is 5.94. The molecule has 0 radical (unpaired) electrons. The highest BCUT2D eigenvalue weighted by atomic mass is 16.5. The van der Waals surface area contributed by atoms with Crippen LogP contribution < -0.4 is 5.32 Å². The van der Waals surface area contributed by atoms with Crippen molar-refractivity contribution in [1.29, 1.82) is 0 Å². The first-order valence-electron chi connectivity index (χ1n) is 9.54. The van der Waals surface area contributed by atoms with E-state index in [9.17, 15) is 9.59 Å². The number of benzene rings is 1. The molecular weight excluding hydrogens is 340 g/mol. The van der Waals surface area contributed by atoms with Crippen molar-refractivity contribution >= 4 is 11.9 Å². The van der Waals surface area contributed by atoms with E-state index in [1.165, 1.54) is 7.11 Å². The lowest BCUT2D eigenvalue weighted by atomic mass is 9.83. The maximum atomic E-state index is 12.5. The molecule has 0 spiro atoms. The summed E-state index contributed by atoms with van der Waals surface area (Å²) in [5.74, 6) is 0.395. The number of nitrogens with one attached hydrogen (secondary N) is 1. The van der Waals surface area contributed by atoms with Gasteiger partial charge in [-0.05, 0) is 73.4 Å². The highest BCUT2D eigenvalue weighted by Gasteiger charge is 2.23. The van der Waals surface area contributed by atoms with Gasteiger partial charge in [0.25, 0.3) is 5.91 Å². The molecule has 1 heterocycles. The molecule has 142 valence electrons. The molecule has 1 aromatic carbocycles. The number of nitrogens with zero attached hydrogens (tertiary/aromatic N) is 1. The van der Waals surface area contributed by atoms with Crippen molar-refractivity contribution in [2.24, 2.45) is 5.92 Å². The van der Waals surface area contributed by atoms with Crippen LogP contribution >= 0.6 is 0 Å². The first-order chi connectivity index (χ1) is 13.2. The lowest BCUT2D eigenvalue weighted by Crippen LogP contribution is -2.37. The van der Waals surface area contributed by atoms with Gasteiger partial charge in [-0.1, -0.05) is 12.1 Å². The summed E-state index contributed by atoms with van der Waals surface area (Å²) in [4.78, 5) is 27.8. The second-order valence-corrected chi connectivity index (χ2v) is 7.12. The zero-order valence-electron chi connectivity index (χ0n) is 15.7. The average molecular weight is 366 g/mol. The van der Waals surface area contributed by atoms with Gasteiger partial charge >= 0.3 is 5.97 Å². The summed E-state index contributed by atoms with van der Waals surface area (Å²) in [6, 6.07) is 11.8. The van der Waals surface area contributed by atoms with Gasteiger partial charge in [-0.25, -0.2) is 0 Å². The Morgan fingerprint density at radius 3 is 2.26 bits per heavy atom. The smallest absolute Gasteiger partial charge is 0.305 e. The van der Waals surface area contributed by atoms with E-state index in [2.05, 4.69) is 10.3 Å². The summed E-state index contributed by atoms with van der Waals surface area (Å²) in [5.41, 5.74) is 2.84. The number of methoxy groups -OCH3 is 1. The van der Waals surface area contributed by atoms with Crippen molar-refractivity contribution in [2.75, 3.05) is 7.11 Å². The van der Waals surface area contributed by atoms with E-state index in [0.29, 0.717) is 17.9 Å². The fourth-order valence-electron chi connectivity index (χ4n) is 3.65.